The fourth-order valence-corrected chi connectivity index (χ4v) is 3.72. The summed E-state index contributed by atoms with van der Waals surface area (Å²) in [6.45, 7) is 5.32. The SMILES string of the molecule is CC(C)CC1NC(COCc2ccccc2)n2c1nc1ccccc1c2=O. The number of nitrogens with zero attached hydrogens (tertiary/aromatic N) is 2. The second-order valence-corrected chi connectivity index (χ2v) is 7.53. The van der Waals surface area contributed by atoms with Gasteiger partial charge in [0.05, 0.1) is 30.2 Å². The first-order valence-corrected chi connectivity index (χ1v) is 9.52. The molecule has 27 heavy (non-hydrogen) atoms. The molecule has 140 valence electrons. The van der Waals surface area contributed by atoms with Crippen molar-refractivity contribution >= 4 is 10.9 Å². The predicted molar refractivity (Wildman–Crippen MR) is 106 cm³/mol. The molecule has 5 heteroatoms. The number of fused-ring (bicyclic) bond motifs is 2. The molecule has 0 saturated heterocycles. The molecule has 2 atom stereocenters. The van der Waals surface area contributed by atoms with Crippen LogP contribution in [0.1, 0.15) is 43.9 Å². The Morgan fingerprint density at radius 3 is 2.63 bits per heavy atom. The van der Waals surface area contributed by atoms with Crippen LogP contribution in [-0.4, -0.2) is 16.2 Å². The van der Waals surface area contributed by atoms with Crippen LogP contribution in [0.4, 0.5) is 0 Å². The number of hydrogen-bond donors (Lipinski definition) is 1. The molecule has 2 heterocycles. The van der Waals surface area contributed by atoms with Crippen LogP contribution in [0.15, 0.2) is 59.4 Å². The number of hydrogen-bond acceptors (Lipinski definition) is 4. The highest BCUT2D eigenvalue weighted by Gasteiger charge is 2.33. The molecule has 0 bridgehead atoms. The zero-order chi connectivity index (χ0) is 18.8. The highest BCUT2D eigenvalue weighted by Crippen LogP contribution is 2.29. The first-order chi connectivity index (χ1) is 13.1. The van der Waals surface area contributed by atoms with E-state index in [4.69, 9.17) is 9.72 Å². The van der Waals surface area contributed by atoms with Gasteiger partial charge < -0.3 is 4.74 Å². The van der Waals surface area contributed by atoms with Crippen LogP contribution in [0.25, 0.3) is 10.9 Å². The Hall–Kier alpha value is -2.50. The predicted octanol–water partition coefficient (Wildman–Crippen LogP) is 3.80. The van der Waals surface area contributed by atoms with Crippen molar-refractivity contribution in [3.8, 4) is 0 Å². The van der Waals surface area contributed by atoms with Crippen molar-refractivity contribution in [2.75, 3.05) is 6.61 Å². The lowest BCUT2D eigenvalue weighted by atomic mass is 10.0. The summed E-state index contributed by atoms with van der Waals surface area (Å²) < 4.78 is 7.72. The van der Waals surface area contributed by atoms with Gasteiger partial charge in [0.25, 0.3) is 5.56 Å². The summed E-state index contributed by atoms with van der Waals surface area (Å²) in [5.41, 5.74) is 1.89. The van der Waals surface area contributed by atoms with Crippen molar-refractivity contribution in [3.63, 3.8) is 0 Å². The lowest BCUT2D eigenvalue weighted by Crippen LogP contribution is -2.31. The molecule has 1 aromatic heterocycles. The molecule has 0 amide bonds. The van der Waals surface area contributed by atoms with Gasteiger partial charge in [-0.25, -0.2) is 4.98 Å². The van der Waals surface area contributed by atoms with E-state index >= 15 is 0 Å². The highest BCUT2D eigenvalue weighted by molar-refractivity contribution is 5.77. The number of ether oxygens (including phenoxy) is 1. The van der Waals surface area contributed by atoms with Crippen LogP contribution in [0.3, 0.4) is 0 Å². The smallest absolute Gasteiger partial charge is 0.262 e. The molecule has 0 fully saturated rings. The fourth-order valence-electron chi connectivity index (χ4n) is 3.72. The Labute approximate surface area is 159 Å². The first-order valence-electron chi connectivity index (χ1n) is 9.52. The monoisotopic (exact) mass is 363 g/mol. The van der Waals surface area contributed by atoms with Gasteiger partial charge in [0.15, 0.2) is 0 Å². The third-order valence-corrected chi connectivity index (χ3v) is 4.95. The van der Waals surface area contributed by atoms with E-state index < -0.39 is 0 Å². The lowest BCUT2D eigenvalue weighted by molar-refractivity contribution is 0.0818. The summed E-state index contributed by atoms with van der Waals surface area (Å²) in [6.07, 6.45) is 0.733. The number of benzene rings is 2. The van der Waals surface area contributed by atoms with Crippen molar-refractivity contribution in [3.05, 3.63) is 76.3 Å². The molecule has 3 aromatic rings. The van der Waals surface area contributed by atoms with E-state index in [0.717, 1.165) is 23.3 Å². The Morgan fingerprint density at radius 2 is 1.85 bits per heavy atom. The van der Waals surface area contributed by atoms with Gasteiger partial charge >= 0.3 is 0 Å². The van der Waals surface area contributed by atoms with Crippen LogP contribution in [0.5, 0.6) is 0 Å². The second-order valence-electron chi connectivity index (χ2n) is 7.53. The van der Waals surface area contributed by atoms with Gasteiger partial charge in [-0.05, 0) is 30.0 Å². The van der Waals surface area contributed by atoms with Crippen molar-refractivity contribution in [2.45, 2.75) is 39.1 Å². The topological polar surface area (TPSA) is 56.1 Å². The van der Waals surface area contributed by atoms with E-state index in [9.17, 15) is 4.79 Å². The molecule has 2 aromatic carbocycles. The fraction of sp³-hybridized carbons (Fsp3) is 0.364. The summed E-state index contributed by atoms with van der Waals surface area (Å²) in [7, 11) is 0. The van der Waals surface area contributed by atoms with Gasteiger partial charge in [0.1, 0.15) is 12.0 Å². The van der Waals surface area contributed by atoms with Crippen molar-refractivity contribution in [2.24, 2.45) is 5.92 Å². The van der Waals surface area contributed by atoms with Crippen molar-refractivity contribution in [1.82, 2.24) is 14.9 Å². The number of aromatic nitrogens is 2. The lowest BCUT2D eigenvalue weighted by Gasteiger charge is -2.16. The average Bonchev–Trinajstić information content (AvgIpc) is 3.00. The minimum absolute atomic E-state index is 0.00247. The Kier molecular flexibility index (Phi) is 5.05. The minimum atomic E-state index is -0.197. The van der Waals surface area contributed by atoms with Crippen LogP contribution >= 0.6 is 0 Å². The molecule has 0 saturated carbocycles. The summed E-state index contributed by atoms with van der Waals surface area (Å²) in [6, 6.07) is 17.7. The van der Waals surface area contributed by atoms with Crippen LogP contribution < -0.4 is 10.9 Å². The zero-order valence-electron chi connectivity index (χ0n) is 15.8. The Morgan fingerprint density at radius 1 is 1.11 bits per heavy atom. The number of nitrogens with one attached hydrogen (secondary N) is 1. The van der Waals surface area contributed by atoms with E-state index in [1.165, 1.54) is 0 Å². The molecular formula is C22H25N3O2. The molecule has 0 aliphatic carbocycles. The number of rotatable bonds is 6. The van der Waals surface area contributed by atoms with E-state index in [0.29, 0.717) is 24.5 Å². The summed E-state index contributed by atoms with van der Waals surface area (Å²) in [5.74, 6) is 1.32. The zero-order valence-corrected chi connectivity index (χ0v) is 15.8. The average molecular weight is 363 g/mol. The van der Waals surface area contributed by atoms with Crippen molar-refractivity contribution < 1.29 is 4.74 Å². The Balaban J connectivity index is 1.62. The molecule has 1 aliphatic heterocycles. The van der Waals surface area contributed by atoms with E-state index in [-0.39, 0.29) is 17.8 Å². The van der Waals surface area contributed by atoms with Gasteiger partial charge in [0.2, 0.25) is 0 Å². The van der Waals surface area contributed by atoms with Gasteiger partial charge in [-0.15, -0.1) is 0 Å². The van der Waals surface area contributed by atoms with Crippen molar-refractivity contribution in [1.29, 1.82) is 0 Å². The van der Waals surface area contributed by atoms with Gasteiger partial charge in [0, 0.05) is 0 Å². The molecule has 5 nitrogen and oxygen atoms in total. The molecule has 1 N–H and O–H groups in total. The van der Waals surface area contributed by atoms with Gasteiger partial charge in [-0.2, -0.15) is 0 Å². The maximum Gasteiger partial charge on any atom is 0.262 e. The van der Waals surface area contributed by atoms with Gasteiger partial charge in [-0.3, -0.25) is 14.7 Å². The van der Waals surface area contributed by atoms with E-state index in [1.807, 2.05) is 54.6 Å². The molecule has 0 radical (unpaired) electrons. The molecule has 1 aliphatic rings. The van der Waals surface area contributed by atoms with Gasteiger partial charge in [-0.1, -0.05) is 56.3 Å². The normalized spacial score (nSPS) is 18.9. The standard InChI is InChI=1S/C22H25N3O2/c1-15(2)12-19-21-24-18-11-7-6-10-17(18)22(26)25(21)20(23-19)14-27-13-16-8-4-3-5-9-16/h3-11,15,19-20,23H,12-14H2,1-2H3. The number of para-hydroxylation sites is 1. The van der Waals surface area contributed by atoms with Crippen LogP contribution in [0.2, 0.25) is 0 Å². The highest BCUT2D eigenvalue weighted by atomic mass is 16.5. The van der Waals surface area contributed by atoms with E-state index in [2.05, 4.69) is 19.2 Å². The summed E-state index contributed by atoms with van der Waals surface area (Å²) in [5, 5.41) is 4.22. The maximum atomic E-state index is 13.1. The Bertz CT molecular complexity index is 982. The molecule has 4 rings (SSSR count). The van der Waals surface area contributed by atoms with Crippen LogP contribution in [-0.2, 0) is 11.3 Å². The minimum Gasteiger partial charge on any atom is -0.373 e. The quantitative estimate of drug-likeness (QED) is 0.724. The molecule has 0 spiro atoms. The molecule has 2 unspecified atom stereocenters. The first kappa shape index (κ1) is 17.9. The summed E-state index contributed by atoms with van der Waals surface area (Å²) >= 11 is 0. The molecular weight excluding hydrogens is 338 g/mol. The second kappa shape index (κ2) is 7.62. The van der Waals surface area contributed by atoms with E-state index in [1.54, 1.807) is 4.57 Å². The summed E-state index contributed by atoms with van der Waals surface area (Å²) in [4.78, 5) is 17.9. The van der Waals surface area contributed by atoms with Crippen LogP contribution in [0, 0.1) is 5.92 Å². The maximum absolute atomic E-state index is 13.1. The third-order valence-electron chi connectivity index (χ3n) is 4.95. The largest absolute Gasteiger partial charge is 0.373 e. The third kappa shape index (κ3) is 3.66.